The number of aliphatic hydroxyl groups is 1. The third-order valence-electron chi connectivity index (χ3n) is 3.53. The molecular formula is C13H21N3O2. The summed E-state index contributed by atoms with van der Waals surface area (Å²) in [6, 6.07) is 3.62. The minimum absolute atomic E-state index is 0.428. The largest absolute Gasteiger partial charge is 0.479 e. The predicted molar refractivity (Wildman–Crippen MR) is 71.9 cm³/mol. The fourth-order valence-corrected chi connectivity index (χ4v) is 2.53. The average Bonchev–Trinajstić information content (AvgIpc) is 2.76. The van der Waals surface area contributed by atoms with Crippen LogP contribution in [0.5, 0.6) is 5.88 Å². The summed E-state index contributed by atoms with van der Waals surface area (Å²) in [4.78, 5) is 6.28. The second-order valence-corrected chi connectivity index (χ2v) is 5.06. The lowest BCUT2D eigenvalue weighted by molar-refractivity contribution is 0.0558. The van der Waals surface area contributed by atoms with Gasteiger partial charge in [-0.15, -0.1) is 0 Å². The first-order valence-corrected chi connectivity index (χ1v) is 6.28. The maximum atomic E-state index is 10.4. The minimum atomic E-state index is -0.578. The van der Waals surface area contributed by atoms with Crippen molar-refractivity contribution in [1.29, 1.82) is 0 Å². The Morgan fingerprint density at radius 1 is 1.44 bits per heavy atom. The van der Waals surface area contributed by atoms with Gasteiger partial charge in [0.1, 0.15) is 5.82 Å². The molecule has 100 valence electrons. The highest BCUT2D eigenvalue weighted by Gasteiger charge is 2.32. The normalized spacial score (nSPS) is 17.7. The molecule has 18 heavy (non-hydrogen) atoms. The van der Waals surface area contributed by atoms with Gasteiger partial charge in [-0.05, 0) is 25.0 Å². The molecule has 0 amide bonds. The first-order valence-electron chi connectivity index (χ1n) is 6.28. The third kappa shape index (κ3) is 2.67. The van der Waals surface area contributed by atoms with Crippen LogP contribution in [0.3, 0.4) is 0 Å². The van der Waals surface area contributed by atoms with Gasteiger partial charge in [0, 0.05) is 13.6 Å². The summed E-state index contributed by atoms with van der Waals surface area (Å²) in [5.74, 6) is 1.19. The van der Waals surface area contributed by atoms with Crippen LogP contribution in [-0.2, 0) is 0 Å². The SMILES string of the molecule is COc1nc(N(C)CC2(O)CCCC2)ccc1N. The molecule has 2 rings (SSSR count). The number of nitrogens with zero attached hydrogens (tertiary/aromatic N) is 2. The van der Waals surface area contributed by atoms with Crippen LogP contribution < -0.4 is 15.4 Å². The number of pyridine rings is 1. The fourth-order valence-electron chi connectivity index (χ4n) is 2.53. The van der Waals surface area contributed by atoms with Crippen LogP contribution in [0.1, 0.15) is 25.7 Å². The van der Waals surface area contributed by atoms with E-state index >= 15 is 0 Å². The molecule has 5 heteroatoms. The van der Waals surface area contributed by atoms with Crippen molar-refractivity contribution in [2.75, 3.05) is 31.3 Å². The molecule has 0 bridgehead atoms. The summed E-state index contributed by atoms with van der Waals surface area (Å²) in [6.07, 6.45) is 3.93. The van der Waals surface area contributed by atoms with Gasteiger partial charge in [-0.1, -0.05) is 12.8 Å². The molecular weight excluding hydrogens is 230 g/mol. The Bertz CT molecular complexity index is 417. The summed E-state index contributed by atoms with van der Waals surface area (Å²) in [6.45, 7) is 0.590. The Morgan fingerprint density at radius 2 is 2.11 bits per heavy atom. The Labute approximate surface area is 108 Å². The Hall–Kier alpha value is -1.49. The third-order valence-corrected chi connectivity index (χ3v) is 3.53. The monoisotopic (exact) mass is 251 g/mol. The van der Waals surface area contributed by atoms with E-state index in [0.717, 1.165) is 31.5 Å². The van der Waals surface area contributed by atoms with Crippen molar-refractivity contribution >= 4 is 11.5 Å². The molecule has 0 saturated heterocycles. The lowest BCUT2D eigenvalue weighted by atomic mass is 10.0. The van der Waals surface area contributed by atoms with Gasteiger partial charge in [-0.2, -0.15) is 4.98 Å². The zero-order valence-corrected chi connectivity index (χ0v) is 11.0. The highest BCUT2D eigenvalue weighted by molar-refractivity contribution is 5.54. The van der Waals surface area contributed by atoms with Crippen molar-refractivity contribution in [2.45, 2.75) is 31.3 Å². The van der Waals surface area contributed by atoms with E-state index in [-0.39, 0.29) is 0 Å². The number of nitrogen functional groups attached to an aromatic ring is 1. The highest BCUT2D eigenvalue weighted by Crippen LogP contribution is 2.31. The van der Waals surface area contributed by atoms with Crippen molar-refractivity contribution in [2.24, 2.45) is 0 Å². The van der Waals surface area contributed by atoms with Gasteiger partial charge in [0.15, 0.2) is 0 Å². The number of hydrogen-bond acceptors (Lipinski definition) is 5. The van der Waals surface area contributed by atoms with Gasteiger partial charge >= 0.3 is 0 Å². The summed E-state index contributed by atoms with van der Waals surface area (Å²) in [5.41, 5.74) is 5.68. The van der Waals surface area contributed by atoms with Gasteiger partial charge in [-0.25, -0.2) is 0 Å². The molecule has 1 heterocycles. The van der Waals surface area contributed by atoms with Crippen molar-refractivity contribution < 1.29 is 9.84 Å². The molecule has 0 unspecified atom stereocenters. The van der Waals surface area contributed by atoms with Gasteiger partial charge in [0.25, 0.3) is 0 Å². The van der Waals surface area contributed by atoms with Crippen LogP contribution in [0.2, 0.25) is 0 Å². The standard InChI is InChI=1S/C13H21N3O2/c1-16(9-13(17)7-3-4-8-13)11-6-5-10(14)12(15-11)18-2/h5-6,17H,3-4,7-9,14H2,1-2H3. The molecule has 1 aromatic heterocycles. The molecule has 0 aliphatic heterocycles. The van der Waals surface area contributed by atoms with Gasteiger partial charge in [0.2, 0.25) is 5.88 Å². The topological polar surface area (TPSA) is 71.6 Å². The number of hydrogen-bond donors (Lipinski definition) is 2. The molecule has 5 nitrogen and oxygen atoms in total. The highest BCUT2D eigenvalue weighted by atomic mass is 16.5. The van der Waals surface area contributed by atoms with E-state index in [9.17, 15) is 5.11 Å². The van der Waals surface area contributed by atoms with E-state index in [4.69, 9.17) is 10.5 Å². The van der Waals surface area contributed by atoms with Crippen molar-refractivity contribution in [3.63, 3.8) is 0 Å². The molecule has 3 N–H and O–H groups in total. The van der Waals surface area contributed by atoms with E-state index in [0.29, 0.717) is 18.1 Å². The molecule has 1 fully saturated rings. The van der Waals surface area contributed by atoms with E-state index in [2.05, 4.69) is 4.98 Å². The Morgan fingerprint density at radius 3 is 2.72 bits per heavy atom. The molecule has 1 aliphatic carbocycles. The van der Waals surface area contributed by atoms with Crippen molar-refractivity contribution in [3.8, 4) is 5.88 Å². The second-order valence-electron chi connectivity index (χ2n) is 5.06. The Kier molecular flexibility index (Phi) is 3.61. The number of likely N-dealkylation sites (N-methyl/N-ethyl adjacent to an activating group) is 1. The number of ether oxygens (including phenoxy) is 1. The van der Waals surface area contributed by atoms with E-state index < -0.39 is 5.60 Å². The summed E-state index contributed by atoms with van der Waals surface area (Å²) >= 11 is 0. The average molecular weight is 251 g/mol. The molecule has 0 spiro atoms. The maximum Gasteiger partial charge on any atom is 0.238 e. The van der Waals surface area contributed by atoms with E-state index in [1.807, 2.05) is 18.0 Å². The first kappa shape index (κ1) is 13.0. The molecule has 0 aromatic carbocycles. The van der Waals surface area contributed by atoms with Gasteiger partial charge in [-0.3, -0.25) is 0 Å². The zero-order chi connectivity index (χ0) is 13.2. The molecule has 0 atom stereocenters. The van der Waals surface area contributed by atoms with Crippen molar-refractivity contribution in [1.82, 2.24) is 4.98 Å². The zero-order valence-electron chi connectivity index (χ0n) is 11.0. The Balaban J connectivity index is 2.10. The van der Waals surface area contributed by atoms with Crippen LogP contribution in [0, 0.1) is 0 Å². The van der Waals surface area contributed by atoms with Crippen LogP contribution in [0.4, 0.5) is 11.5 Å². The summed E-state index contributed by atoms with van der Waals surface area (Å²) < 4.78 is 5.11. The second kappa shape index (κ2) is 5.02. The van der Waals surface area contributed by atoms with Gasteiger partial charge in [0.05, 0.1) is 18.4 Å². The number of aromatic nitrogens is 1. The summed E-state index contributed by atoms with van der Waals surface area (Å²) in [7, 11) is 3.47. The van der Waals surface area contributed by atoms with Crippen LogP contribution in [-0.4, -0.2) is 36.4 Å². The smallest absolute Gasteiger partial charge is 0.238 e. The molecule has 0 radical (unpaired) electrons. The number of anilines is 2. The first-order chi connectivity index (χ1) is 8.54. The lowest BCUT2D eigenvalue weighted by Gasteiger charge is -2.29. The molecule has 1 saturated carbocycles. The number of methoxy groups -OCH3 is 1. The van der Waals surface area contributed by atoms with Crippen LogP contribution >= 0.6 is 0 Å². The fraction of sp³-hybridized carbons (Fsp3) is 0.615. The summed E-state index contributed by atoms with van der Waals surface area (Å²) in [5, 5.41) is 10.4. The lowest BCUT2D eigenvalue weighted by Crippen LogP contribution is -2.39. The van der Waals surface area contributed by atoms with Crippen molar-refractivity contribution in [3.05, 3.63) is 12.1 Å². The van der Waals surface area contributed by atoms with Crippen LogP contribution in [0.15, 0.2) is 12.1 Å². The predicted octanol–water partition coefficient (Wildman–Crippen LogP) is 1.41. The maximum absolute atomic E-state index is 10.4. The van der Waals surface area contributed by atoms with E-state index in [1.165, 1.54) is 0 Å². The van der Waals surface area contributed by atoms with Gasteiger partial charge < -0.3 is 20.5 Å². The number of rotatable bonds is 4. The van der Waals surface area contributed by atoms with Crippen LogP contribution in [0.25, 0.3) is 0 Å². The quantitative estimate of drug-likeness (QED) is 0.846. The molecule has 1 aliphatic rings. The minimum Gasteiger partial charge on any atom is -0.479 e. The van der Waals surface area contributed by atoms with E-state index in [1.54, 1.807) is 13.2 Å². The number of nitrogens with two attached hydrogens (primary N) is 1. The molecule has 1 aromatic rings.